The van der Waals surface area contributed by atoms with E-state index in [4.69, 9.17) is 29.7 Å². The zero-order valence-electron chi connectivity index (χ0n) is 12.5. The summed E-state index contributed by atoms with van der Waals surface area (Å²) < 4.78 is 17.2. The molecule has 6 nitrogen and oxygen atoms in total. The Balaban J connectivity index is 0.000000361. The van der Waals surface area contributed by atoms with E-state index in [2.05, 4.69) is 0 Å². The molecule has 0 saturated carbocycles. The van der Waals surface area contributed by atoms with Crippen LogP contribution < -0.4 is 5.73 Å². The topological polar surface area (TPSA) is 91.0 Å². The molecule has 3 aliphatic rings. The van der Waals surface area contributed by atoms with Crippen molar-refractivity contribution < 1.29 is 23.9 Å². The number of allylic oxidation sites excluding steroid dienone is 3. The van der Waals surface area contributed by atoms with Crippen LogP contribution in [0, 0.1) is 0 Å². The number of carboxylic acids is 1. The molecule has 0 aromatic heterocycles. The van der Waals surface area contributed by atoms with Gasteiger partial charge >= 0.3 is 7.12 Å². The molecule has 3 aliphatic heterocycles. The van der Waals surface area contributed by atoms with Crippen LogP contribution in [-0.4, -0.2) is 43.1 Å². The normalized spacial score (nSPS) is 25.2. The first-order valence-corrected chi connectivity index (χ1v) is 6.82. The van der Waals surface area contributed by atoms with Crippen molar-refractivity contribution in [2.24, 2.45) is 5.73 Å². The maximum atomic E-state index is 9.00. The predicted molar refractivity (Wildman–Crippen MR) is 78.4 cm³/mol. The molecule has 0 aliphatic carbocycles. The van der Waals surface area contributed by atoms with E-state index in [1.807, 2.05) is 26.0 Å². The molecular formula is C14H20BNO5. The molecule has 1 atom stereocenters. The number of hydrogen-bond acceptors (Lipinski definition) is 5. The molecular weight excluding hydrogens is 273 g/mol. The van der Waals surface area contributed by atoms with Crippen LogP contribution in [0.1, 0.15) is 20.8 Å². The Bertz CT molecular complexity index is 519. The molecule has 21 heavy (non-hydrogen) atoms. The maximum Gasteiger partial charge on any atom is 0.495 e. The van der Waals surface area contributed by atoms with Crippen molar-refractivity contribution in [3.05, 3.63) is 35.0 Å². The smallest absolute Gasteiger partial charge is 0.495 e. The summed E-state index contributed by atoms with van der Waals surface area (Å²) in [5, 5.41) is 7.42. The molecule has 0 radical (unpaired) electrons. The van der Waals surface area contributed by atoms with Crippen LogP contribution in [0.4, 0.5) is 0 Å². The highest BCUT2D eigenvalue weighted by atomic mass is 16.6. The van der Waals surface area contributed by atoms with Crippen molar-refractivity contribution in [3.8, 4) is 0 Å². The first-order valence-electron chi connectivity index (χ1n) is 6.82. The van der Waals surface area contributed by atoms with Gasteiger partial charge in [-0.2, -0.15) is 0 Å². The lowest BCUT2D eigenvalue weighted by atomic mass is 9.70. The first kappa shape index (κ1) is 15.8. The highest BCUT2D eigenvalue weighted by molar-refractivity contribution is 6.57. The SMILES string of the molecule is CC(=O)O.CC1(C)OB2OC(CN)C=C3C=COCC1=C23. The van der Waals surface area contributed by atoms with Gasteiger partial charge < -0.3 is 24.9 Å². The van der Waals surface area contributed by atoms with Gasteiger partial charge in [0.2, 0.25) is 0 Å². The summed E-state index contributed by atoms with van der Waals surface area (Å²) in [6, 6.07) is 0. The molecule has 7 heteroatoms. The lowest BCUT2D eigenvalue weighted by Gasteiger charge is -2.26. The molecule has 3 N–H and O–H groups in total. The van der Waals surface area contributed by atoms with Crippen molar-refractivity contribution in [2.75, 3.05) is 13.2 Å². The lowest BCUT2D eigenvalue weighted by molar-refractivity contribution is -0.134. The van der Waals surface area contributed by atoms with Crippen molar-refractivity contribution in [2.45, 2.75) is 32.5 Å². The summed E-state index contributed by atoms with van der Waals surface area (Å²) in [6.07, 6.45) is 5.65. The second-order valence-electron chi connectivity index (χ2n) is 5.52. The molecule has 0 aromatic carbocycles. The van der Waals surface area contributed by atoms with Crippen molar-refractivity contribution in [3.63, 3.8) is 0 Å². The largest absolute Gasteiger partial charge is 0.497 e. The average Bonchev–Trinajstić information content (AvgIpc) is 2.54. The van der Waals surface area contributed by atoms with Crippen LogP contribution in [0.5, 0.6) is 0 Å². The third kappa shape index (κ3) is 3.37. The fraction of sp³-hybridized carbons (Fsp3) is 0.500. The Morgan fingerprint density at radius 1 is 1.57 bits per heavy atom. The third-order valence-electron chi connectivity index (χ3n) is 3.47. The lowest BCUT2D eigenvalue weighted by Crippen LogP contribution is -2.38. The van der Waals surface area contributed by atoms with Crippen LogP contribution >= 0.6 is 0 Å². The van der Waals surface area contributed by atoms with Crippen molar-refractivity contribution in [1.82, 2.24) is 0 Å². The van der Waals surface area contributed by atoms with E-state index >= 15 is 0 Å². The molecule has 0 fully saturated rings. The van der Waals surface area contributed by atoms with Gasteiger partial charge in [-0.25, -0.2) is 0 Å². The monoisotopic (exact) mass is 293 g/mol. The molecule has 0 saturated heterocycles. The molecule has 3 heterocycles. The summed E-state index contributed by atoms with van der Waals surface area (Å²) in [5.74, 6) is -0.833. The van der Waals surface area contributed by atoms with Gasteiger partial charge in [0.25, 0.3) is 5.97 Å². The van der Waals surface area contributed by atoms with E-state index in [9.17, 15) is 0 Å². The van der Waals surface area contributed by atoms with Crippen LogP contribution in [-0.2, 0) is 18.8 Å². The van der Waals surface area contributed by atoms with Crippen LogP contribution in [0.2, 0.25) is 0 Å². The van der Waals surface area contributed by atoms with Gasteiger partial charge in [-0.05, 0) is 42.6 Å². The molecule has 0 spiro atoms. The minimum atomic E-state index is -0.833. The minimum Gasteiger partial charge on any atom is -0.497 e. The Morgan fingerprint density at radius 2 is 2.24 bits per heavy atom. The minimum absolute atomic E-state index is 0.0864. The Morgan fingerprint density at radius 3 is 2.86 bits per heavy atom. The highest BCUT2D eigenvalue weighted by Crippen LogP contribution is 2.41. The quantitative estimate of drug-likeness (QED) is 0.702. The summed E-state index contributed by atoms with van der Waals surface area (Å²) in [6.45, 7) is 6.19. The van der Waals surface area contributed by atoms with Crippen molar-refractivity contribution in [1.29, 1.82) is 0 Å². The van der Waals surface area contributed by atoms with Crippen LogP contribution in [0.25, 0.3) is 0 Å². The maximum absolute atomic E-state index is 9.00. The Hall–Kier alpha value is -1.57. The molecule has 1 unspecified atom stereocenters. The summed E-state index contributed by atoms with van der Waals surface area (Å²) >= 11 is 0. The summed E-state index contributed by atoms with van der Waals surface area (Å²) in [5.41, 5.74) is 8.73. The number of nitrogens with two attached hydrogens (primary N) is 1. The molecule has 3 rings (SSSR count). The van der Waals surface area contributed by atoms with Crippen LogP contribution in [0.3, 0.4) is 0 Å². The second kappa shape index (κ2) is 6.05. The number of carboxylic acid groups (broad SMARTS) is 1. The standard InChI is InChI=1S/C12H16BNO3.C2H4O2/c1-12(2)10-7-15-4-3-8-5-9(6-14)16-13(17-12)11(8)10;1-2(3)4/h3-5,9H,6-7,14H2,1-2H3;1H3,(H,3,4). The van der Waals surface area contributed by atoms with Gasteiger partial charge in [-0.1, -0.05) is 0 Å². The van der Waals surface area contributed by atoms with Crippen LogP contribution in [0.15, 0.2) is 35.0 Å². The number of aliphatic carboxylic acids is 1. The van der Waals surface area contributed by atoms with E-state index in [-0.39, 0.29) is 18.8 Å². The molecule has 114 valence electrons. The average molecular weight is 293 g/mol. The number of carbonyl (C=O) groups is 1. The summed E-state index contributed by atoms with van der Waals surface area (Å²) in [7, 11) is -0.306. The third-order valence-corrected chi connectivity index (χ3v) is 3.47. The number of ether oxygens (including phenoxy) is 1. The van der Waals surface area contributed by atoms with E-state index in [0.717, 1.165) is 23.5 Å². The summed E-state index contributed by atoms with van der Waals surface area (Å²) in [4.78, 5) is 9.00. The van der Waals surface area contributed by atoms with Gasteiger partial charge in [-0.15, -0.1) is 0 Å². The number of hydrogen-bond donors (Lipinski definition) is 2. The van der Waals surface area contributed by atoms with Gasteiger partial charge in [0.15, 0.2) is 0 Å². The van der Waals surface area contributed by atoms with Gasteiger partial charge in [-0.3, -0.25) is 4.79 Å². The van der Waals surface area contributed by atoms with Gasteiger partial charge in [0, 0.05) is 13.5 Å². The van der Waals surface area contributed by atoms with E-state index in [1.165, 1.54) is 0 Å². The molecule has 0 bridgehead atoms. The molecule has 0 aromatic rings. The zero-order valence-corrected chi connectivity index (χ0v) is 12.5. The van der Waals surface area contributed by atoms with E-state index < -0.39 is 5.97 Å². The zero-order chi connectivity index (χ0) is 15.6. The predicted octanol–water partition coefficient (Wildman–Crippen LogP) is 1.04. The Labute approximate surface area is 124 Å². The fourth-order valence-electron chi connectivity index (χ4n) is 2.53. The Kier molecular flexibility index (Phi) is 4.56. The highest BCUT2D eigenvalue weighted by Gasteiger charge is 2.48. The second-order valence-corrected chi connectivity index (χ2v) is 5.52. The van der Waals surface area contributed by atoms with Crippen molar-refractivity contribution >= 4 is 13.1 Å². The van der Waals surface area contributed by atoms with Gasteiger partial charge in [0.1, 0.15) is 6.61 Å². The van der Waals surface area contributed by atoms with Gasteiger partial charge in [0.05, 0.1) is 18.0 Å². The first-order chi connectivity index (χ1) is 9.85. The van der Waals surface area contributed by atoms with E-state index in [1.54, 1.807) is 6.26 Å². The fourth-order valence-corrected chi connectivity index (χ4v) is 2.53. The van der Waals surface area contributed by atoms with E-state index in [0.29, 0.717) is 13.2 Å². The molecule has 0 amide bonds. The number of rotatable bonds is 1.